The smallest absolute Gasteiger partial charge is 0.123 e. The Morgan fingerprint density at radius 3 is 2.17 bits per heavy atom. The molecule has 4 heteroatoms. The minimum atomic E-state index is -1.51. The Labute approximate surface area is 79.6 Å². The van der Waals surface area contributed by atoms with Crippen molar-refractivity contribution >= 4 is 20.7 Å². The summed E-state index contributed by atoms with van der Waals surface area (Å²) in [5, 5.41) is 0. The third kappa shape index (κ3) is 3.40. The summed E-state index contributed by atoms with van der Waals surface area (Å²) >= 11 is 0. The van der Waals surface area contributed by atoms with Gasteiger partial charge in [0.05, 0.1) is 5.75 Å². The summed E-state index contributed by atoms with van der Waals surface area (Å²) in [6.45, 7) is 0. The van der Waals surface area contributed by atoms with Crippen LogP contribution in [0.25, 0.3) is 0 Å². The Bertz CT molecular complexity index is 166. The minimum Gasteiger partial charge on any atom is -0.243 e. The first kappa shape index (κ1) is 10.5. The second kappa shape index (κ2) is 4.56. The van der Waals surface area contributed by atoms with E-state index in [1.54, 1.807) is 0 Å². The lowest BCUT2D eigenvalue weighted by atomic mass is 9.99. The molecule has 0 N–H and O–H groups in total. The lowest BCUT2D eigenvalue weighted by Crippen LogP contribution is -2.28. The molecule has 0 radical (unpaired) electrons. The molecule has 12 heavy (non-hydrogen) atoms. The predicted octanol–water partition coefficient (Wildman–Crippen LogP) is 2.95. The van der Waals surface area contributed by atoms with Crippen molar-refractivity contribution in [2.24, 2.45) is 0 Å². The van der Waals surface area contributed by atoms with Gasteiger partial charge >= 0.3 is 0 Å². The number of halogens is 2. The molecule has 0 bridgehead atoms. The molecule has 0 aromatic carbocycles. The average Bonchev–Trinajstić information content (AvgIpc) is 2.12. The van der Waals surface area contributed by atoms with E-state index >= 15 is 0 Å². The zero-order chi connectivity index (χ0) is 9.03. The maximum atomic E-state index is 13.8. The Balaban J connectivity index is 2.48. The molecule has 1 unspecified atom stereocenters. The van der Waals surface area contributed by atoms with Crippen molar-refractivity contribution in [2.45, 2.75) is 44.2 Å². The lowest BCUT2D eigenvalue weighted by Gasteiger charge is -2.20. The maximum absolute atomic E-state index is 13.8. The fraction of sp³-hybridized carbons (Fsp3) is 1.00. The molecular formula is C8H14ClFOS. The second-order valence-corrected chi connectivity index (χ2v) is 5.40. The predicted molar refractivity (Wildman–Crippen MR) is 50.4 cm³/mol. The van der Waals surface area contributed by atoms with Gasteiger partial charge in [0.1, 0.15) is 15.7 Å². The van der Waals surface area contributed by atoms with Crippen molar-refractivity contribution < 1.29 is 8.60 Å². The average molecular weight is 213 g/mol. The quantitative estimate of drug-likeness (QED) is 0.508. The van der Waals surface area contributed by atoms with Crippen LogP contribution < -0.4 is 0 Å². The summed E-state index contributed by atoms with van der Waals surface area (Å²) in [5.74, 6) is 0.00849. The third-order valence-corrected chi connectivity index (χ3v) is 3.44. The Morgan fingerprint density at radius 1 is 1.25 bits per heavy atom. The molecule has 1 atom stereocenters. The molecule has 1 aliphatic rings. The minimum absolute atomic E-state index is 0.00849. The summed E-state index contributed by atoms with van der Waals surface area (Å²) in [4.78, 5) is 0. The first-order chi connectivity index (χ1) is 5.62. The van der Waals surface area contributed by atoms with Gasteiger partial charge in [0, 0.05) is 0 Å². The molecule has 0 spiro atoms. The van der Waals surface area contributed by atoms with Crippen LogP contribution >= 0.6 is 10.7 Å². The topological polar surface area (TPSA) is 17.1 Å². The van der Waals surface area contributed by atoms with E-state index in [1.165, 1.54) is 0 Å². The van der Waals surface area contributed by atoms with E-state index in [1.807, 2.05) is 0 Å². The van der Waals surface area contributed by atoms with Crippen molar-refractivity contribution in [1.29, 1.82) is 0 Å². The second-order valence-electron chi connectivity index (χ2n) is 3.50. The number of alkyl halides is 1. The molecule has 0 aromatic rings. The lowest BCUT2D eigenvalue weighted by molar-refractivity contribution is 0.170. The summed E-state index contributed by atoms with van der Waals surface area (Å²) < 4.78 is 24.5. The molecular weight excluding hydrogens is 199 g/mol. The molecule has 1 aliphatic carbocycles. The number of hydrogen-bond acceptors (Lipinski definition) is 1. The van der Waals surface area contributed by atoms with Crippen LogP contribution in [0.15, 0.2) is 0 Å². The normalized spacial score (nSPS) is 26.2. The van der Waals surface area contributed by atoms with Gasteiger partial charge < -0.3 is 0 Å². The highest BCUT2D eigenvalue weighted by molar-refractivity contribution is 8.08. The van der Waals surface area contributed by atoms with Gasteiger partial charge in [0.25, 0.3) is 0 Å². The highest BCUT2D eigenvalue weighted by Gasteiger charge is 2.32. The van der Waals surface area contributed by atoms with Crippen LogP contribution in [0.2, 0.25) is 0 Å². The van der Waals surface area contributed by atoms with Crippen LogP contribution in [0, 0.1) is 0 Å². The Kier molecular flexibility index (Phi) is 3.97. The van der Waals surface area contributed by atoms with Crippen molar-refractivity contribution in [2.75, 3.05) is 5.75 Å². The van der Waals surface area contributed by atoms with Crippen LogP contribution in [0.3, 0.4) is 0 Å². The first-order valence-electron chi connectivity index (χ1n) is 4.36. The largest absolute Gasteiger partial charge is 0.243 e. The number of rotatable bonds is 2. The van der Waals surface area contributed by atoms with Crippen LogP contribution in [0.1, 0.15) is 38.5 Å². The van der Waals surface area contributed by atoms with Gasteiger partial charge in [-0.05, 0) is 23.5 Å². The fourth-order valence-electron chi connectivity index (χ4n) is 1.71. The highest BCUT2D eigenvalue weighted by Crippen LogP contribution is 2.31. The van der Waals surface area contributed by atoms with E-state index in [0.29, 0.717) is 12.8 Å². The molecule has 1 rings (SSSR count). The van der Waals surface area contributed by atoms with Crippen LogP contribution in [0.4, 0.5) is 4.39 Å². The van der Waals surface area contributed by atoms with Gasteiger partial charge in [-0.1, -0.05) is 25.7 Å². The zero-order valence-electron chi connectivity index (χ0n) is 7.02. The molecule has 72 valence electrons. The van der Waals surface area contributed by atoms with E-state index in [-0.39, 0.29) is 5.75 Å². The summed E-state index contributed by atoms with van der Waals surface area (Å²) in [6, 6.07) is 0. The highest BCUT2D eigenvalue weighted by atomic mass is 35.7. The molecule has 1 fully saturated rings. The van der Waals surface area contributed by atoms with Crippen molar-refractivity contribution in [3.8, 4) is 0 Å². The number of hydrogen-bond donors (Lipinski definition) is 0. The molecule has 0 amide bonds. The van der Waals surface area contributed by atoms with Crippen LogP contribution in [-0.2, 0) is 10.0 Å². The standard InChI is InChI=1S/C8H14ClFOS/c9-12(11)7-8(10)5-3-1-2-4-6-8/h1-7H2. The summed E-state index contributed by atoms with van der Waals surface area (Å²) in [6.07, 6.45) is 5.08. The molecule has 1 nitrogen and oxygen atoms in total. The Morgan fingerprint density at radius 2 is 1.75 bits per heavy atom. The van der Waals surface area contributed by atoms with E-state index in [0.717, 1.165) is 25.7 Å². The SMILES string of the molecule is O=S(Cl)CC1(F)CCCCCC1. The van der Waals surface area contributed by atoms with Gasteiger partial charge in [-0.2, -0.15) is 0 Å². The van der Waals surface area contributed by atoms with Gasteiger partial charge in [-0.3, -0.25) is 0 Å². The van der Waals surface area contributed by atoms with Gasteiger partial charge in [0.2, 0.25) is 0 Å². The monoisotopic (exact) mass is 212 g/mol. The third-order valence-electron chi connectivity index (χ3n) is 2.37. The van der Waals surface area contributed by atoms with E-state index in [9.17, 15) is 8.60 Å². The van der Waals surface area contributed by atoms with Crippen molar-refractivity contribution in [1.82, 2.24) is 0 Å². The Hall–Kier alpha value is 0.370. The molecule has 0 aromatic heterocycles. The molecule has 0 aliphatic heterocycles. The molecule has 1 saturated carbocycles. The molecule has 0 saturated heterocycles. The van der Waals surface area contributed by atoms with Gasteiger partial charge in [-0.25, -0.2) is 8.60 Å². The van der Waals surface area contributed by atoms with Gasteiger partial charge in [0.15, 0.2) is 0 Å². The van der Waals surface area contributed by atoms with Crippen LogP contribution in [-0.4, -0.2) is 15.6 Å². The fourth-order valence-corrected chi connectivity index (χ4v) is 2.99. The van der Waals surface area contributed by atoms with Gasteiger partial charge in [-0.15, -0.1) is 0 Å². The van der Waals surface area contributed by atoms with Crippen molar-refractivity contribution in [3.63, 3.8) is 0 Å². The summed E-state index contributed by atoms with van der Waals surface area (Å²) in [5.41, 5.74) is -1.25. The van der Waals surface area contributed by atoms with Crippen LogP contribution in [0.5, 0.6) is 0 Å². The first-order valence-corrected chi connectivity index (χ1v) is 6.50. The molecule has 0 heterocycles. The zero-order valence-corrected chi connectivity index (χ0v) is 8.59. The summed E-state index contributed by atoms with van der Waals surface area (Å²) in [7, 11) is 3.77. The van der Waals surface area contributed by atoms with Crippen molar-refractivity contribution in [3.05, 3.63) is 0 Å². The van der Waals surface area contributed by atoms with E-state index in [4.69, 9.17) is 10.7 Å². The van der Waals surface area contributed by atoms with E-state index < -0.39 is 15.7 Å². The van der Waals surface area contributed by atoms with E-state index in [2.05, 4.69) is 0 Å². The maximum Gasteiger partial charge on any atom is 0.123 e.